The van der Waals surface area contributed by atoms with E-state index in [2.05, 4.69) is 35.2 Å². The van der Waals surface area contributed by atoms with Crippen LogP contribution in [0.2, 0.25) is 0 Å². The van der Waals surface area contributed by atoms with Crippen LogP contribution in [-0.4, -0.2) is 52.4 Å². The number of nitrogens with zero attached hydrogens (tertiary/aromatic N) is 3. The van der Waals surface area contributed by atoms with Gasteiger partial charge in [-0.1, -0.05) is 42.5 Å². The van der Waals surface area contributed by atoms with Gasteiger partial charge in [-0.25, -0.2) is 0 Å². The molecule has 32 heavy (non-hydrogen) atoms. The third kappa shape index (κ3) is 2.98. The highest BCUT2D eigenvalue weighted by Gasteiger charge is 2.45. The van der Waals surface area contributed by atoms with Crippen molar-refractivity contribution in [1.29, 1.82) is 0 Å². The van der Waals surface area contributed by atoms with Gasteiger partial charge in [0.25, 0.3) is 5.91 Å². The smallest absolute Gasteiger partial charge is 0.270 e. The number of carbonyl (C=O) groups excluding carboxylic acids is 2. The molecule has 3 aliphatic rings. The van der Waals surface area contributed by atoms with E-state index in [4.69, 9.17) is 0 Å². The summed E-state index contributed by atoms with van der Waals surface area (Å²) in [4.78, 5) is 30.5. The number of fused-ring (bicyclic) bond motifs is 2. The van der Waals surface area contributed by atoms with Crippen LogP contribution < -0.4 is 0 Å². The Hall–Kier alpha value is -3.08. The van der Waals surface area contributed by atoms with E-state index in [9.17, 15) is 9.59 Å². The Balaban J connectivity index is 1.11. The van der Waals surface area contributed by atoms with E-state index in [1.165, 1.54) is 11.1 Å². The summed E-state index contributed by atoms with van der Waals surface area (Å²) in [5.41, 5.74) is 4.56. The Bertz CT molecular complexity index is 1220. The van der Waals surface area contributed by atoms with Crippen molar-refractivity contribution in [1.82, 2.24) is 14.4 Å². The van der Waals surface area contributed by atoms with Crippen LogP contribution in [0.4, 0.5) is 0 Å². The number of piperidine rings is 1. The molecular formula is C27H29N3O2. The molecule has 1 aromatic heterocycles. The number of benzene rings is 2. The second kappa shape index (κ2) is 7.22. The molecular weight excluding hydrogens is 398 g/mol. The number of para-hydroxylation sites is 1. The van der Waals surface area contributed by atoms with Crippen molar-refractivity contribution < 1.29 is 9.59 Å². The molecule has 6 rings (SSSR count). The fraction of sp³-hybridized carbons (Fsp3) is 0.407. The number of carbonyl (C=O) groups is 2. The van der Waals surface area contributed by atoms with Gasteiger partial charge in [0.05, 0.1) is 5.92 Å². The van der Waals surface area contributed by atoms with Crippen LogP contribution in [0.25, 0.3) is 10.9 Å². The molecule has 1 atom stereocenters. The molecule has 1 spiro atoms. The van der Waals surface area contributed by atoms with Gasteiger partial charge in [-0.15, -0.1) is 0 Å². The van der Waals surface area contributed by atoms with Gasteiger partial charge in [-0.3, -0.25) is 9.59 Å². The van der Waals surface area contributed by atoms with Crippen LogP contribution in [0.15, 0.2) is 54.6 Å². The summed E-state index contributed by atoms with van der Waals surface area (Å²) in [6.07, 6.45) is 3.90. The van der Waals surface area contributed by atoms with Gasteiger partial charge < -0.3 is 14.4 Å². The maximum absolute atomic E-state index is 13.3. The number of hydrogen-bond donors (Lipinski definition) is 0. The number of aromatic nitrogens is 1. The Kier molecular flexibility index (Phi) is 4.42. The zero-order valence-electron chi connectivity index (χ0n) is 18.6. The lowest BCUT2D eigenvalue weighted by Crippen LogP contribution is -2.45. The van der Waals surface area contributed by atoms with E-state index in [1.54, 1.807) is 0 Å². The molecule has 5 nitrogen and oxygen atoms in total. The Morgan fingerprint density at radius 1 is 0.906 bits per heavy atom. The highest BCUT2D eigenvalue weighted by molar-refractivity contribution is 5.98. The van der Waals surface area contributed by atoms with Gasteiger partial charge in [0.15, 0.2) is 0 Å². The van der Waals surface area contributed by atoms with Gasteiger partial charge in [-0.2, -0.15) is 0 Å². The fourth-order valence-corrected chi connectivity index (χ4v) is 6.07. The molecule has 0 N–H and O–H groups in total. The third-order valence-corrected chi connectivity index (χ3v) is 8.18. The summed E-state index contributed by atoms with van der Waals surface area (Å²) in [6, 6.07) is 18.5. The van der Waals surface area contributed by atoms with Crippen LogP contribution in [0.1, 0.15) is 46.8 Å². The molecule has 2 aromatic carbocycles. The van der Waals surface area contributed by atoms with Crippen molar-refractivity contribution in [2.24, 2.45) is 12.5 Å². The number of hydrogen-bond acceptors (Lipinski definition) is 2. The minimum absolute atomic E-state index is 0.0505. The van der Waals surface area contributed by atoms with Gasteiger partial charge in [0.1, 0.15) is 5.69 Å². The number of aryl methyl sites for hydroxylation is 1. The lowest BCUT2D eigenvalue weighted by atomic mass is 9.76. The van der Waals surface area contributed by atoms with Crippen molar-refractivity contribution >= 4 is 22.7 Å². The normalized spacial score (nSPS) is 21.6. The van der Waals surface area contributed by atoms with Gasteiger partial charge in [-0.05, 0) is 54.4 Å². The quantitative estimate of drug-likeness (QED) is 0.621. The van der Waals surface area contributed by atoms with Crippen molar-refractivity contribution in [3.63, 3.8) is 0 Å². The Morgan fingerprint density at radius 2 is 1.59 bits per heavy atom. The maximum atomic E-state index is 13.3. The highest BCUT2D eigenvalue weighted by Crippen LogP contribution is 2.43. The predicted octanol–water partition coefficient (Wildman–Crippen LogP) is 3.97. The topological polar surface area (TPSA) is 45.6 Å². The van der Waals surface area contributed by atoms with Crippen LogP contribution in [0.3, 0.4) is 0 Å². The average Bonchev–Trinajstić information content (AvgIpc) is 3.36. The summed E-state index contributed by atoms with van der Waals surface area (Å²) in [6.45, 7) is 3.25. The summed E-state index contributed by atoms with van der Waals surface area (Å²) in [5, 5.41) is 1.11. The van der Waals surface area contributed by atoms with Crippen LogP contribution in [-0.2, 0) is 18.3 Å². The van der Waals surface area contributed by atoms with Crippen molar-refractivity contribution in [2.75, 3.05) is 26.2 Å². The van der Waals surface area contributed by atoms with E-state index in [-0.39, 0.29) is 17.2 Å². The molecule has 3 heterocycles. The molecule has 0 radical (unpaired) electrons. The zero-order valence-corrected chi connectivity index (χ0v) is 18.6. The van der Waals surface area contributed by atoms with Crippen LogP contribution >= 0.6 is 0 Å². The van der Waals surface area contributed by atoms with Crippen LogP contribution in [0.5, 0.6) is 0 Å². The first-order chi connectivity index (χ1) is 15.5. The molecule has 2 saturated heterocycles. The Labute approximate surface area is 188 Å². The maximum Gasteiger partial charge on any atom is 0.270 e. The largest absolute Gasteiger partial charge is 0.342 e. The van der Waals surface area contributed by atoms with E-state index >= 15 is 0 Å². The predicted molar refractivity (Wildman–Crippen MR) is 125 cm³/mol. The molecule has 1 aliphatic carbocycles. The first-order valence-electron chi connectivity index (χ1n) is 11.8. The molecule has 2 fully saturated rings. The minimum Gasteiger partial charge on any atom is -0.342 e. The van der Waals surface area contributed by atoms with Crippen molar-refractivity contribution in [3.05, 3.63) is 71.4 Å². The summed E-state index contributed by atoms with van der Waals surface area (Å²) < 4.78 is 2.01. The summed E-state index contributed by atoms with van der Waals surface area (Å²) in [5.74, 6) is 0.472. The van der Waals surface area contributed by atoms with Crippen LogP contribution in [0, 0.1) is 5.41 Å². The molecule has 0 saturated carbocycles. The highest BCUT2D eigenvalue weighted by atomic mass is 16.2. The molecule has 1 unspecified atom stereocenters. The molecule has 2 aliphatic heterocycles. The molecule has 5 heteroatoms. The number of rotatable bonds is 2. The Morgan fingerprint density at radius 3 is 2.34 bits per heavy atom. The molecule has 2 amide bonds. The van der Waals surface area contributed by atoms with E-state index < -0.39 is 0 Å². The van der Waals surface area contributed by atoms with Crippen molar-refractivity contribution in [3.8, 4) is 0 Å². The molecule has 3 aromatic rings. The second-order valence-corrected chi connectivity index (χ2v) is 9.90. The zero-order chi connectivity index (χ0) is 21.9. The van der Waals surface area contributed by atoms with E-state index in [0.29, 0.717) is 5.91 Å². The summed E-state index contributed by atoms with van der Waals surface area (Å²) >= 11 is 0. The average molecular weight is 428 g/mol. The fourth-order valence-electron chi connectivity index (χ4n) is 6.07. The monoisotopic (exact) mass is 427 g/mol. The van der Waals surface area contributed by atoms with E-state index in [0.717, 1.165) is 68.5 Å². The second-order valence-electron chi connectivity index (χ2n) is 9.90. The van der Waals surface area contributed by atoms with Gasteiger partial charge in [0.2, 0.25) is 5.91 Å². The molecule has 0 bridgehead atoms. The molecule has 164 valence electrons. The van der Waals surface area contributed by atoms with Crippen molar-refractivity contribution in [2.45, 2.75) is 31.6 Å². The standard InChI is InChI=1S/C27H29N3O2/c1-28-23-9-5-3-7-20(23)17-24(28)26(32)29-13-10-27(11-14-29)12-15-30(18-27)25(31)22-16-19-6-2-4-8-21(19)22/h2-9,17,22H,10-16,18H2,1H3. The van der Waals surface area contributed by atoms with E-state index in [1.807, 2.05) is 40.8 Å². The first-order valence-corrected chi connectivity index (χ1v) is 11.8. The SMILES string of the molecule is Cn1c(C(=O)N2CCC3(CC2)CCN(C(=O)C2Cc4ccccc42)C3)cc2ccccc21. The number of likely N-dealkylation sites (tertiary alicyclic amines) is 2. The minimum atomic E-state index is 0.0505. The lowest BCUT2D eigenvalue weighted by molar-refractivity contribution is -0.132. The third-order valence-electron chi connectivity index (χ3n) is 8.18. The lowest BCUT2D eigenvalue weighted by Gasteiger charge is -2.40. The number of amides is 2. The first kappa shape index (κ1) is 19.6. The summed E-state index contributed by atoms with van der Waals surface area (Å²) in [7, 11) is 1.97. The van der Waals surface area contributed by atoms with Gasteiger partial charge in [0, 0.05) is 44.1 Å². The van der Waals surface area contributed by atoms with Gasteiger partial charge >= 0.3 is 0 Å².